The highest BCUT2D eigenvalue weighted by Crippen LogP contribution is 2.32. The fraction of sp³-hybridized carbons (Fsp3) is 0.375. The number of rotatable bonds is 4. The molecule has 1 aromatic heterocycles. The van der Waals surface area contributed by atoms with Crippen LogP contribution in [0.4, 0.5) is 5.69 Å². The summed E-state index contributed by atoms with van der Waals surface area (Å²) in [4.78, 5) is 38.1. The number of benzene rings is 2. The van der Waals surface area contributed by atoms with Gasteiger partial charge in [-0.15, -0.1) is 0 Å². The zero-order valence-corrected chi connectivity index (χ0v) is 18.3. The van der Waals surface area contributed by atoms with Crippen molar-refractivity contribution >= 4 is 34.2 Å². The van der Waals surface area contributed by atoms with Gasteiger partial charge in [0.25, 0.3) is 5.56 Å². The average Bonchev–Trinajstić information content (AvgIpc) is 2.78. The van der Waals surface area contributed by atoms with Gasteiger partial charge in [-0.05, 0) is 68.0 Å². The number of hydrogen-bond donors (Lipinski definition) is 2. The molecule has 166 valence electrons. The summed E-state index contributed by atoms with van der Waals surface area (Å²) in [5.74, 6) is -1.08. The maximum absolute atomic E-state index is 13.3. The summed E-state index contributed by atoms with van der Waals surface area (Å²) < 4.78 is 2.87. The summed E-state index contributed by atoms with van der Waals surface area (Å²) >= 11 is 6.10. The fourth-order valence-corrected chi connectivity index (χ4v) is 5.34. The molecule has 8 heteroatoms. The van der Waals surface area contributed by atoms with Gasteiger partial charge >= 0.3 is 11.7 Å². The lowest BCUT2D eigenvalue weighted by atomic mass is 9.85. The molecular weight excluding hydrogens is 430 g/mol. The van der Waals surface area contributed by atoms with Crippen LogP contribution in [0.15, 0.2) is 46.0 Å². The maximum atomic E-state index is 13.3. The summed E-state index contributed by atoms with van der Waals surface area (Å²) in [7, 11) is 0. The maximum Gasteiger partial charge on any atom is 0.336 e. The lowest BCUT2D eigenvalue weighted by molar-refractivity contribution is -0.142. The fourth-order valence-electron chi connectivity index (χ4n) is 5.16. The minimum atomic E-state index is -0.744. The molecule has 1 aliphatic carbocycles. The highest BCUT2D eigenvalue weighted by Gasteiger charge is 2.28. The number of carboxylic acid groups (broad SMARTS) is 1. The topological polar surface area (TPSA) is 93.3 Å². The van der Waals surface area contributed by atoms with Crippen molar-refractivity contribution in [1.82, 2.24) is 9.13 Å². The van der Waals surface area contributed by atoms with Crippen LogP contribution in [0.3, 0.4) is 0 Å². The zero-order chi connectivity index (χ0) is 22.4. The van der Waals surface area contributed by atoms with Gasteiger partial charge < -0.3 is 10.4 Å². The van der Waals surface area contributed by atoms with E-state index in [0.29, 0.717) is 41.0 Å². The largest absolute Gasteiger partial charge is 0.481 e. The minimum absolute atomic E-state index is 0.0625. The second-order valence-corrected chi connectivity index (χ2v) is 9.13. The van der Waals surface area contributed by atoms with Crippen LogP contribution in [0.2, 0.25) is 5.02 Å². The molecule has 2 aliphatic rings. The molecule has 0 saturated heterocycles. The van der Waals surface area contributed by atoms with E-state index < -0.39 is 5.97 Å². The van der Waals surface area contributed by atoms with E-state index in [9.17, 15) is 19.5 Å². The monoisotopic (exact) mass is 453 g/mol. The van der Waals surface area contributed by atoms with E-state index in [4.69, 9.17) is 11.6 Å². The SMILES string of the molecule is O=C(O)C1CCCC(Nc2ccc3c(=O)n(-c4cccc(Cl)c4)c(=O)n4c3c2CCC4)C1. The Bertz CT molecular complexity index is 1340. The van der Waals surface area contributed by atoms with E-state index in [1.54, 1.807) is 34.9 Å². The molecule has 0 amide bonds. The van der Waals surface area contributed by atoms with Crippen molar-refractivity contribution in [3.8, 4) is 5.69 Å². The molecule has 1 fully saturated rings. The molecule has 32 heavy (non-hydrogen) atoms. The van der Waals surface area contributed by atoms with Gasteiger partial charge in [0.1, 0.15) is 0 Å². The molecule has 1 saturated carbocycles. The molecule has 3 aromatic rings. The van der Waals surface area contributed by atoms with Gasteiger partial charge in [-0.25, -0.2) is 9.36 Å². The van der Waals surface area contributed by atoms with Crippen molar-refractivity contribution in [3.05, 3.63) is 67.8 Å². The van der Waals surface area contributed by atoms with Crippen molar-refractivity contribution in [2.45, 2.75) is 51.1 Å². The Morgan fingerprint density at radius 2 is 1.97 bits per heavy atom. The van der Waals surface area contributed by atoms with Crippen LogP contribution in [0.25, 0.3) is 16.6 Å². The first-order chi connectivity index (χ1) is 15.4. The minimum Gasteiger partial charge on any atom is -0.481 e. The Morgan fingerprint density at radius 3 is 2.75 bits per heavy atom. The Morgan fingerprint density at radius 1 is 1.12 bits per heavy atom. The Kier molecular flexibility index (Phi) is 5.29. The third-order valence-corrected chi connectivity index (χ3v) is 6.90. The first-order valence-electron chi connectivity index (χ1n) is 11.0. The van der Waals surface area contributed by atoms with Crippen molar-refractivity contribution in [1.29, 1.82) is 0 Å². The van der Waals surface area contributed by atoms with Crippen LogP contribution < -0.4 is 16.6 Å². The first kappa shape index (κ1) is 20.8. The van der Waals surface area contributed by atoms with Gasteiger partial charge in [-0.2, -0.15) is 0 Å². The molecular formula is C24H24ClN3O4. The molecule has 2 N–H and O–H groups in total. The van der Waals surface area contributed by atoms with Gasteiger partial charge in [-0.3, -0.25) is 14.2 Å². The number of carbonyl (C=O) groups is 1. The second kappa shape index (κ2) is 8.13. The summed E-state index contributed by atoms with van der Waals surface area (Å²) in [6.07, 6.45) is 4.61. The number of nitrogens with zero attached hydrogens (tertiary/aromatic N) is 2. The highest BCUT2D eigenvalue weighted by molar-refractivity contribution is 6.30. The quantitative estimate of drug-likeness (QED) is 0.626. The molecule has 2 unspecified atom stereocenters. The van der Waals surface area contributed by atoms with Gasteiger partial charge in [0.15, 0.2) is 0 Å². The van der Waals surface area contributed by atoms with E-state index in [-0.39, 0.29) is 23.2 Å². The van der Waals surface area contributed by atoms with Crippen LogP contribution in [0, 0.1) is 5.92 Å². The summed E-state index contributed by atoms with van der Waals surface area (Å²) in [5.41, 5.74) is 2.25. The molecule has 5 rings (SSSR count). The Balaban J connectivity index is 1.62. The predicted molar refractivity (Wildman–Crippen MR) is 124 cm³/mol. The Labute approximate surface area is 189 Å². The van der Waals surface area contributed by atoms with E-state index >= 15 is 0 Å². The smallest absolute Gasteiger partial charge is 0.336 e. The van der Waals surface area contributed by atoms with E-state index in [0.717, 1.165) is 36.9 Å². The van der Waals surface area contributed by atoms with Crippen LogP contribution >= 0.6 is 11.6 Å². The zero-order valence-electron chi connectivity index (χ0n) is 17.5. The Hall–Kier alpha value is -3.06. The second-order valence-electron chi connectivity index (χ2n) is 8.69. The number of nitrogens with one attached hydrogen (secondary N) is 1. The number of aliphatic carboxylic acids is 1. The summed E-state index contributed by atoms with van der Waals surface area (Å²) in [6, 6.07) is 10.5. The lowest BCUT2D eigenvalue weighted by Gasteiger charge is -2.30. The van der Waals surface area contributed by atoms with E-state index in [1.807, 2.05) is 6.07 Å². The first-order valence-corrected chi connectivity index (χ1v) is 11.4. The number of hydrogen-bond acceptors (Lipinski definition) is 4. The normalized spacial score (nSPS) is 20.3. The van der Waals surface area contributed by atoms with Crippen molar-refractivity contribution in [2.24, 2.45) is 5.92 Å². The molecule has 2 atom stereocenters. The van der Waals surface area contributed by atoms with Crippen molar-refractivity contribution < 1.29 is 9.90 Å². The van der Waals surface area contributed by atoms with Crippen molar-refractivity contribution in [3.63, 3.8) is 0 Å². The number of halogens is 1. The van der Waals surface area contributed by atoms with Gasteiger partial charge in [0.05, 0.1) is 22.5 Å². The van der Waals surface area contributed by atoms with Gasteiger partial charge in [0, 0.05) is 23.3 Å². The van der Waals surface area contributed by atoms with E-state index in [1.165, 1.54) is 4.57 Å². The number of anilines is 1. The molecule has 0 spiro atoms. The molecule has 2 heterocycles. The summed E-state index contributed by atoms with van der Waals surface area (Å²) in [5, 5.41) is 13.9. The van der Waals surface area contributed by atoms with E-state index in [2.05, 4.69) is 5.32 Å². The van der Waals surface area contributed by atoms with Gasteiger partial charge in [-0.1, -0.05) is 24.1 Å². The number of aryl methyl sites for hydroxylation is 2. The standard InChI is InChI=1S/C24H24ClN3O4/c25-15-5-2-7-17(13-15)28-22(29)19-9-10-20(18-8-3-11-27(21(18)19)24(28)32)26-16-6-1-4-14(12-16)23(30)31/h2,5,7,9-10,13-14,16,26H,1,3-4,6,8,11-12H2,(H,30,31). The molecule has 1 aliphatic heterocycles. The van der Waals surface area contributed by atoms with Gasteiger partial charge in [0.2, 0.25) is 0 Å². The van der Waals surface area contributed by atoms with Crippen LogP contribution in [-0.4, -0.2) is 26.3 Å². The third-order valence-electron chi connectivity index (χ3n) is 6.67. The molecule has 7 nitrogen and oxygen atoms in total. The number of aromatic nitrogens is 2. The van der Waals surface area contributed by atoms with Crippen LogP contribution in [0.1, 0.15) is 37.7 Å². The van der Waals surface area contributed by atoms with Crippen LogP contribution in [-0.2, 0) is 17.8 Å². The summed E-state index contributed by atoms with van der Waals surface area (Å²) in [6.45, 7) is 0.539. The molecule has 0 bridgehead atoms. The molecule has 0 radical (unpaired) electrons. The number of carboxylic acids is 1. The highest BCUT2D eigenvalue weighted by atomic mass is 35.5. The third kappa shape index (κ3) is 3.50. The molecule has 2 aromatic carbocycles. The predicted octanol–water partition coefficient (Wildman–Crippen LogP) is 3.81. The average molecular weight is 454 g/mol. The lowest BCUT2D eigenvalue weighted by Crippen LogP contribution is -2.40. The van der Waals surface area contributed by atoms with Crippen LogP contribution in [0.5, 0.6) is 0 Å². The van der Waals surface area contributed by atoms with Crippen molar-refractivity contribution in [2.75, 3.05) is 5.32 Å².